The summed E-state index contributed by atoms with van der Waals surface area (Å²) in [5.41, 5.74) is 4.21. The van der Waals surface area contributed by atoms with Crippen molar-refractivity contribution in [2.45, 2.75) is 37.7 Å². The largest absolute Gasteiger partial charge is 0.311 e. The van der Waals surface area contributed by atoms with Crippen molar-refractivity contribution in [3.05, 3.63) is 65.5 Å². The van der Waals surface area contributed by atoms with E-state index in [2.05, 4.69) is 9.97 Å². The molecule has 7 heteroatoms. The molecule has 3 aromatic rings. The van der Waals surface area contributed by atoms with Crippen molar-refractivity contribution in [3.63, 3.8) is 0 Å². The van der Waals surface area contributed by atoms with Gasteiger partial charge in [-0.3, -0.25) is 4.79 Å². The van der Waals surface area contributed by atoms with E-state index < -0.39 is 15.1 Å². The highest BCUT2D eigenvalue weighted by molar-refractivity contribution is 7.92. The molecule has 6 nitrogen and oxygen atoms in total. The van der Waals surface area contributed by atoms with E-state index in [1.807, 2.05) is 42.5 Å². The van der Waals surface area contributed by atoms with Gasteiger partial charge in [0, 0.05) is 12.2 Å². The van der Waals surface area contributed by atoms with Crippen LogP contribution in [0.3, 0.4) is 0 Å². The highest BCUT2D eigenvalue weighted by Gasteiger charge is 2.34. The molecule has 0 saturated heterocycles. The molecule has 0 aliphatic carbocycles. The van der Waals surface area contributed by atoms with E-state index in [1.165, 1.54) is 6.92 Å². The summed E-state index contributed by atoms with van der Waals surface area (Å²) >= 11 is 0. The van der Waals surface area contributed by atoms with Gasteiger partial charge in [-0.25, -0.2) is 18.4 Å². The average molecular weight is 410 g/mol. The zero-order valence-corrected chi connectivity index (χ0v) is 17.3. The fourth-order valence-corrected chi connectivity index (χ4v) is 5.05. The van der Waals surface area contributed by atoms with Crippen LogP contribution in [0, 0.1) is 6.92 Å². The van der Waals surface area contributed by atoms with E-state index in [9.17, 15) is 13.2 Å². The topological polar surface area (TPSA) is 80.2 Å². The second kappa shape index (κ2) is 7.55. The average Bonchev–Trinajstić information content (AvgIpc) is 2.72. The molecule has 1 aliphatic rings. The number of para-hydroxylation sites is 3. The monoisotopic (exact) mass is 409 g/mol. The smallest absolute Gasteiger partial charge is 0.245 e. The molecule has 2 aromatic carbocycles. The van der Waals surface area contributed by atoms with Crippen LogP contribution in [0.25, 0.3) is 11.0 Å². The van der Waals surface area contributed by atoms with Crippen LogP contribution in [-0.4, -0.2) is 36.1 Å². The van der Waals surface area contributed by atoms with E-state index in [-0.39, 0.29) is 11.7 Å². The van der Waals surface area contributed by atoms with Gasteiger partial charge in [-0.2, -0.15) is 0 Å². The van der Waals surface area contributed by atoms with Gasteiger partial charge in [0.25, 0.3) is 0 Å². The fraction of sp³-hybridized carbons (Fsp3) is 0.318. The summed E-state index contributed by atoms with van der Waals surface area (Å²) in [4.78, 5) is 23.7. The summed E-state index contributed by atoms with van der Waals surface area (Å²) in [5.74, 6) is -0.692. The van der Waals surface area contributed by atoms with Gasteiger partial charge in [-0.15, -0.1) is 0 Å². The van der Waals surface area contributed by atoms with Crippen molar-refractivity contribution in [1.29, 1.82) is 0 Å². The molecule has 1 atom stereocenters. The van der Waals surface area contributed by atoms with Gasteiger partial charge < -0.3 is 4.90 Å². The number of anilines is 1. The third kappa shape index (κ3) is 3.74. The van der Waals surface area contributed by atoms with Crippen molar-refractivity contribution in [2.75, 3.05) is 11.4 Å². The van der Waals surface area contributed by atoms with Gasteiger partial charge in [0.2, 0.25) is 5.91 Å². The molecule has 0 saturated carbocycles. The quantitative estimate of drug-likeness (QED) is 0.661. The van der Waals surface area contributed by atoms with Gasteiger partial charge in [-0.1, -0.05) is 30.3 Å². The number of sulfone groups is 1. The maximum Gasteiger partial charge on any atom is 0.245 e. The summed E-state index contributed by atoms with van der Waals surface area (Å²) in [6.07, 6.45) is 1.72. The molecule has 1 amide bonds. The summed E-state index contributed by atoms with van der Waals surface area (Å²) in [7, 11) is -3.75. The highest BCUT2D eigenvalue weighted by atomic mass is 32.2. The van der Waals surface area contributed by atoms with E-state index in [1.54, 1.807) is 17.9 Å². The number of aromatic nitrogens is 2. The lowest BCUT2D eigenvalue weighted by Gasteiger charge is -2.31. The lowest BCUT2D eigenvalue weighted by molar-refractivity contribution is -0.118. The van der Waals surface area contributed by atoms with Gasteiger partial charge in [0.1, 0.15) is 5.25 Å². The highest BCUT2D eigenvalue weighted by Crippen LogP contribution is 2.28. The number of hydrogen-bond acceptors (Lipinski definition) is 5. The normalized spacial score (nSPS) is 15.2. The van der Waals surface area contributed by atoms with E-state index in [4.69, 9.17) is 0 Å². The first-order valence-electron chi connectivity index (χ1n) is 9.70. The molecule has 0 fully saturated rings. The first-order valence-corrected chi connectivity index (χ1v) is 11.4. The van der Waals surface area contributed by atoms with E-state index in [0.717, 1.165) is 29.6 Å². The molecule has 4 rings (SSSR count). The summed E-state index contributed by atoms with van der Waals surface area (Å²) < 4.78 is 26.1. The number of nitrogens with zero attached hydrogens (tertiary/aromatic N) is 3. The molecular weight excluding hydrogens is 386 g/mol. The van der Waals surface area contributed by atoms with Crippen LogP contribution in [0.5, 0.6) is 0 Å². The summed E-state index contributed by atoms with van der Waals surface area (Å²) in [6, 6.07) is 15.0. The molecule has 0 bridgehead atoms. The first kappa shape index (κ1) is 19.5. The zero-order chi connectivity index (χ0) is 20.6. The van der Waals surface area contributed by atoms with Gasteiger partial charge in [0.05, 0.1) is 28.2 Å². The van der Waals surface area contributed by atoms with Crippen LogP contribution in [-0.2, 0) is 26.8 Å². The zero-order valence-electron chi connectivity index (χ0n) is 16.5. The molecular formula is C22H23N3O3S. The SMILES string of the molecule is Cc1nc2ccccc2nc1CS(=O)(=O)[C@H](C)C(=O)N1CCCc2ccccc21. The third-order valence-electron chi connectivity index (χ3n) is 5.44. The van der Waals surface area contributed by atoms with Gasteiger partial charge in [-0.05, 0) is 50.5 Å². The Morgan fingerprint density at radius 1 is 1.07 bits per heavy atom. The predicted octanol–water partition coefficient (Wildman–Crippen LogP) is 3.22. The van der Waals surface area contributed by atoms with Crippen molar-refractivity contribution >= 4 is 32.5 Å². The van der Waals surface area contributed by atoms with Crippen molar-refractivity contribution in [3.8, 4) is 0 Å². The lowest BCUT2D eigenvalue weighted by atomic mass is 10.0. The number of carbonyl (C=O) groups excluding carboxylic acids is 1. The Kier molecular flexibility index (Phi) is 5.08. The molecule has 0 unspecified atom stereocenters. The van der Waals surface area contributed by atoms with Gasteiger partial charge >= 0.3 is 0 Å². The Morgan fingerprint density at radius 3 is 2.48 bits per heavy atom. The number of fused-ring (bicyclic) bond motifs is 2. The number of rotatable bonds is 4. The molecule has 1 aromatic heterocycles. The first-order chi connectivity index (χ1) is 13.9. The Morgan fingerprint density at radius 2 is 1.72 bits per heavy atom. The Labute approximate surface area is 170 Å². The molecule has 150 valence electrons. The van der Waals surface area contributed by atoms with Gasteiger partial charge in [0.15, 0.2) is 9.84 Å². The number of aryl methyl sites for hydroxylation is 2. The van der Waals surface area contributed by atoms with Crippen molar-refractivity contribution < 1.29 is 13.2 Å². The number of amides is 1. The van der Waals surface area contributed by atoms with E-state index >= 15 is 0 Å². The standard InChI is InChI=1S/C22H23N3O3S/c1-15-20(24-19-11-5-4-10-18(19)23-15)14-29(27,28)16(2)22(26)25-13-7-9-17-8-3-6-12-21(17)25/h3-6,8,10-12,16H,7,9,13-14H2,1-2H3/t16-/m1/s1. The van der Waals surface area contributed by atoms with Crippen LogP contribution in [0.2, 0.25) is 0 Å². The number of hydrogen-bond donors (Lipinski definition) is 0. The molecule has 0 spiro atoms. The molecule has 2 heterocycles. The third-order valence-corrected chi connectivity index (χ3v) is 7.40. The number of carbonyl (C=O) groups is 1. The molecule has 1 aliphatic heterocycles. The van der Waals surface area contributed by atoms with Crippen molar-refractivity contribution in [1.82, 2.24) is 9.97 Å². The fourth-order valence-electron chi connectivity index (χ4n) is 3.71. The van der Waals surface area contributed by atoms with Crippen molar-refractivity contribution in [2.24, 2.45) is 0 Å². The minimum absolute atomic E-state index is 0.306. The van der Waals surface area contributed by atoms with Crippen LogP contribution in [0.1, 0.15) is 30.3 Å². The van der Waals surface area contributed by atoms with Crippen LogP contribution in [0.4, 0.5) is 5.69 Å². The molecule has 29 heavy (non-hydrogen) atoms. The Bertz CT molecular complexity index is 1190. The minimum atomic E-state index is -3.75. The van der Waals surface area contributed by atoms with Crippen LogP contribution < -0.4 is 4.90 Å². The summed E-state index contributed by atoms with van der Waals surface area (Å²) in [6.45, 7) is 3.75. The second-order valence-corrected chi connectivity index (χ2v) is 9.74. The second-order valence-electron chi connectivity index (χ2n) is 7.42. The molecule has 0 N–H and O–H groups in total. The number of benzene rings is 2. The summed E-state index contributed by atoms with van der Waals surface area (Å²) in [5, 5.41) is -1.15. The maximum absolute atomic E-state index is 13.1. The Hall–Kier alpha value is -2.80. The maximum atomic E-state index is 13.1. The minimum Gasteiger partial charge on any atom is -0.311 e. The van der Waals surface area contributed by atoms with E-state index in [0.29, 0.717) is 23.4 Å². The molecule has 0 radical (unpaired) electrons. The lowest BCUT2D eigenvalue weighted by Crippen LogP contribution is -2.44. The Balaban J connectivity index is 1.61. The predicted molar refractivity (Wildman–Crippen MR) is 113 cm³/mol. The van der Waals surface area contributed by atoms with Crippen LogP contribution in [0.15, 0.2) is 48.5 Å². The van der Waals surface area contributed by atoms with Crippen LogP contribution >= 0.6 is 0 Å².